The van der Waals surface area contributed by atoms with Crippen LogP contribution < -0.4 is 10.6 Å². The third kappa shape index (κ3) is 11.7. The molecule has 36 heavy (non-hydrogen) atoms. The predicted molar refractivity (Wildman–Crippen MR) is 144 cm³/mol. The number of carbonyl (C=O) groups is 2. The molecule has 2 atom stereocenters. The van der Waals surface area contributed by atoms with Gasteiger partial charge in [-0.25, -0.2) is 9.59 Å². The first-order chi connectivity index (χ1) is 17.2. The van der Waals surface area contributed by atoms with Crippen molar-refractivity contribution >= 4 is 23.0 Å². The van der Waals surface area contributed by atoms with E-state index in [1.54, 1.807) is 0 Å². The molecule has 0 radical (unpaired) electrons. The topological polar surface area (TPSA) is 93.7 Å². The van der Waals surface area contributed by atoms with E-state index in [0.29, 0.717) is 37.6 Å². The van der Waals surface area contributed by atoms with Gasteiger partial charge in [0.2, 0.25) is 0 Å². The number of nitrogens with one attached hydrogen (secondary N) is 2. The Balaban J connectivity index is 1.95. The number of ether oxygens (including phenoxy) is 2. The Bertz CT molecular complexity index is 862. The predicted octanol–water partition coefficient (Wildman–Crippen LogP) is 5.76. The summed E-state index contributed by atoms with van der Waals surface area (Å²) in [4.78, 5) is 24.6. The zero-order chi connectivity index (χ0) is 26.3. The van der Waals surface area contributed by atoms with Gasteiger partial charge in [-0.2, -0.15) is 0 Å². The first-order valence-electron chi connectivity index (χ1n) is 12.6. The fourth-order valence-electron chi connectivity index (χ4n) is 3.47. The minimum atomic E-state index is -1.14. The second-order valence-electron chi connectivity index (χ2n) is 9.63. The lowest BCUT2D eigenvalue weighted by Gasteiger charge is -2.21. The molecule has 0 saturated carbocycles. The second-order valence-corrected chi connectivity index (χ2v) is 11.3. The van der Waals surface area contributed by atoms with Gasteiger partial charge >= 0.3 is 12.2 Å². The Hall–Kier alpha value is -2.87. The number of carbonyl (C=O) groups excluding carboxylic acids is 2. The highest BCUT2D eigenvalue weighted by molar-refractivity contribution is 7.84. The molecule has 0 bridgehead atoms. The average molecular weight is 517 g/mol. The van der Waals surface area contributed by atoms with E-state index >= 15 is 0 Å². The molecule has 198 valence electrons. The molecule has 2 amide bonds. The lowest BCUT2D eigenvalue weighted by Crippen LogP contribution is -2.32. The van der Waals surface area contributed by atoms with Crippen molar-refractivity contribution in [2.24, 2.45) is 11.8 Å². The van der Waals surface area contributed by atoms with Crippen molar-refractivity contribution in [2.45, 2.75) is 52.6 Å². The van der Waals surface area contributed by atoms with Gasteiger partial charge in [-0.3, -0.25) is 4.21 Å². The maximum Gasteiger partial charge on any atom is 0.407 e. The maximum absolute atomic E-state index is 12.9. The highest BCUT2D eigenvalue weighted by Gasteiger charge is 2.20. The van der Waals surface area contributed by atoms with Crippen LogP contribution in [0.3, 0.4) is 0 Å². The Labute approximate surface area is 217 Å². The lowest BCUT2D eigenvalue weighted by atomic mass is 10.1. The monoisotopic (exact) mass is 516 g/mol. The zero-order valence-electron chi connectivity index (χ0n) is 21.8. The molecule has 2 rings (SSSR count). The SMILES string of the molecule is CC(C)COC(=O)NC(CCS(=O)CCC(NC(=O)OCC(C)C)c1ccccc1)c1ccccc1. The van der Waals surface area contributed by atoms with Crippen LogP contribution in [0.1, 0.15) is 63.7 Å². The quantitative estimate of drug-likeness (QED) is 0.333. The van der Waals surface area contributed by atoms with E-state index in [2.05, 4.69) is 10.6 Å². The largest absolute Gasteiger partial charge is 0.449 e. The second kappa shape index (κ2) is 16.0. The lowest BCUT2D eigenvalue weighted by molar-refractivity contribution is 0.128. The molecule has 0 spiro atoms. The van der Waals surface area contributed by atoms with Gasteiger partial charge < -0.3 is 20.1 Å². The Kier molecular flexibility index (Phi) is 13.0. The van der Waals surface area contributed by atoms with Gasteiger partial charge in [-0.05, 0) is 35.8 Å². The van der Waals surface area contributed by atoms with Crippen LogP contribution in [-0.2, 0) is 20.3 Å². The Morgan fingerprint density at radius 3 is 1.39 bits per heavy atom. The summed E-state index contributed by atoms with van der Waals surface area (Å²) in [7, 11) is -1.14. The van der Waals surface area contributed by atoms with E-state index in [-0.39, 0.29) is 23.9 Å². The summed E-state index contributed by atoms with van der Waals surface area (Å²) in [6, 6.07) is 18.6. The van der Waals surface area contributed by atoms with Crippen molar-refractivity contribution in [1.29, 1.82) is 0 Å². The molecule has 0 aliphatic heterocycles. The molecule has 0 aromatic heterocycles. The maximum atomic E-state index is 12.9. The standard InChI is InChI=1S/C28H40N2O5S/c1-21(2)19-34-27(31)29-25(23-11-7-5-8-12-23)15-17-36(33)18-16-26(24-13-9-6-10-14-24)30-28(32)35-20-22(3)4/h5-14,21-22,25-26H,15-20H2,1-4H3,(H,29,31)(H,30,32). The highest BCUT2D eigenvalue weighted by atomic mass is 32.2. The molecule has 0 aliphatic rings. The van der Waals surface area contributed by atoms with Crippen LogP contribution in [0.4, 0.5) is 9.59 Å². The highest BCUT2D eigenvalue weighted by Crippen LogP contribution is 2.20. The van der Waals surface area contributed by atoms with Crippen LogP contribution in [0.25, 0.3) is 0 Å². The van der Waals surface area contributed by atoms with Gasteiger partial charge in [0, 0.05) is 22.3 Å². The fraction of sp³-hybridized carbons (Fsp3) is 0.500. The van der Waals surface area contributed by atoms with Crippen LogP contribution in [-0.4, -0.2) is 41.1 Å². The minimum Gasteiger partial charge on any atom is -0.449 e. The summed E-state index contributed by atoms with van der Waals surface area (Å²) >= 11 is 0. The minimum absolute atomic E-state index is 0.243. The van der Waals surface area contributed by atoms with Crippen LogP contribution in [0, 0.1) is 11.8 Å². The molecule has 0 heterocycles. The van der Waals surface area contributed by atoms with Gasteiger partial charge in [-0.15, -0.1) is 0 Å². The third-order valence-corrected chi connectivity index (χ3v) is 6.73. The van der Waals surface area contributed by atoms with Crippen molar-refractivity contribution in [3.05, 3.63) is 71.8 Å². The van der Waals surface area contributed by atoms with Gasteiger partial charge in [0.05, 0.1) is 25.3 Å². The third-order valence-electron chi connectivity index (χ3n) is 5.35. The van der Waals surface area contributed by atoms with Gasteiger partial charge in [-0.1, -0.05) is 88.4 Å². The molecule has 2 N–H and O–H groups in total. The molecule has 2 unspecified atom stereocenters. The number of alkyl carbamates (subject to hydrolysis) is 2. The van der Waals surface area contributed by atoms with Crippen LogP contribution >= 0.6 is 0 Å². The number of hydrogen-bond acceptors (Lipinski definition) is 5. The van der Waals surface area contributed by atoms with Gasteiger partial charge in [0.25, 0.3) is 0 Å². The van der Waals surface area contributed by atoms with Crippen molar-refractivity contribution < 1.29 is 23.3 Å². The number of amides is 2. The van der Waals surface area contributed by atoms with E-state index < -0.39 is 23.0 Å². The van der Waals surface area contributed by atoms with Gasteiger partial charge in [0.1, 0.15) is 0 Å². The van der Waals surface area contributed by atoms with E-state index in [1.165, 1.54) is 0 Å². The van der Waals surface area contributed by atoms with E-state index in [9.17, 15) is 13.8 Å². The Morgan fingerprint density at radius 1 is 0.694 bits per heavy atom. The van der Waals surface area contributed by atoms with Crippen LogP contribution in [0.15, 0.2) is 60.7 Å². The summed E-state index contributed by atoms with van der Waals surface area (Å²) in [6.07, 6.45) is 0.0637. The fourth-order valence-corrected chi connectivity index (χ4v) is 4.67. The molecule has 2 aromatic carbocycles. The summed E-state index contributed by atoms with van der Waals surface area (Å²) in [5, 5.41) is 5.83. The zero-order valence-corrected chi connectivity index (χ0v) is 22.6. The van der Waals surface area contributed by atoms with Crippen LogP contribution in [0.2, 0.25) is 0 Å². The van der Waals surface area contributed by atoms with Crippen molar-refractivity contribution in [3.8, 4) is 0 Å². The van der Waals surface area contributed by atoms with Crippen LogP contribution in [0.5, 0.6) is 0 Å². The first-order valence-corrected chi connectivity index (χ1v) is 14.0. The summed E-state index contributed by atoms with van der Waals surface area (Å²) < 4.78 is 23.5. The van der Waals surface area contributed by atoms with Gasteiger partial charge in [0.15, 0.2) is 0 Å². The number of benzene rings is 2. The molecule has 0 saturated heterocycles. The first kappa shape index (κ1) is 29.4. The number of hydrogen-bond donors (Lipinski definition) is 2. The molecular formula is C28H40N2O5S. The van der Waals surface area contributed by atoms with Crippen molar-refractivity contribution in [1.82, 2.24) is 10.6 Å². The Morgan fingerprint density at radius 2 is 1.06 bits per heavy atom. The molecule has 0 fully saturated rings. The molecule has 0 aliphatic carbocycles. The summed E-state index contributed by atoms with van der Waals surface area (Å²) in [5.41, 5.74) is 1.88. The average Bonchev–Trinajstić information content (AvgIpc) is 2.87. The van der Waals surface area contributed by atoms with Crippen molar-refractivity contribution in [3.63, 3.8) is 0 Å². The molecule has 2 aromatic rings. The van der Waals surface area contributed by atoms with E-state index in [1.807, 2.05) is 88.4 Å². The van der Waals surface area contributed by atoms with E-state index in [0.717, 1.165) is 11.1 Å². The number of rotatable bonds is 14. The molecular weight excluding hydrogens is 476 g/mol. The smallest absolute Gasteiger partial charge is 0.407 e. The summed E-state index contributed by atoms with van der Waals surface area (Å²) in [5.74, 6) is 1.30. The van der Waals surface area contributed by atoms with E-state index in [4.69, 9.17) is 9.47 Å². The normalized spacial score (nSPS) is 13.6. The summed E-state index contributed by atoms with van der Waals surface area (Å²) in [6.45, 7) is 8.60. The molecule has 7 nitrogen and oxygen atoms in total. The van der Waals surface area contributed by atoms with Crippen molar-refractivity contribution in [2.75, 3.05) is 24.7 Å². The molecule has 8 heteroatoms.